The van der Waals surface area contributed by atoms with Crippen LogP contribution in [0.1, 0.15) is 18.6 Å². The first-order valence-corrected chi connectivity index (χ1v) is 8.53. The van der Waals surface area contributed by atoms with Gasteiger partial charge in [0.2, 0.25) is 0 Å². The summed E-state index contributed by atoms with van der Waals surface area (Å²) < 4.78 is 45.2. The molecule has 0 saturated carbocycles. The Morgan fingerprint density at radius 2 is 1.89 bits per heavy atom. The lowest BCUT2D eigenvalue weighted by Gasteiger charge is -2.14. The van der Waals surface area contributed by atoms with Crippen LogP contribution >= 0.6 is 0 Å². The highest BCUT2D eigenvalue weighted by Gasteiger charge is 2.12. The van der Waals surface area contributed by atoms with Gasteiger partial charge in [-0.1, -0.05) is 18.2 Å². The minimum Gasteiger partial charge on any atom is -0.489 e. The number of rotatable bonds is 8. The molecule has 0 saturated heterocycles. The van der Waals surface area contributed by atoms with Crippen molar-refractivity contribution < 1.29 is 23.0 Å². The first-order valence-electron chi connectivity index (χ1n) is 8.53. The average Bonchev–Trinajstić information content (AvgIpc) is 2.64. The van der Waals surface area contributed by atoms with E-state index in [1.807, 2.05) is 6.92 Å². The second-order valence-corrected chi connectivity index (χ2v) is 5.61. The number of nitrogens with one attached hydrogen (secondary N) is 2. The zero-order valence-corrected chi connectivity index (χ0v) is 14.9. The largest absolute Gasteiger partial charge is 0.489 e. The third-order valence-corrected chi connectivity index (χ3v) is 3.58. The van der Waals surface area contributed by atoms with E-state index in [1.165, 1.54) is 18.2 Å². The Labute approximate surface area is 155 Å². The van der Waals surface area contributed by atoms with Crippen LogP contribution in [-0.2, 0) is 0 Å². The lowest BCUT2D eigenvalue weighted by molar-refractivity contribution is 0.182. The van der Waals surface area contributed by atoms with Crippen LogP contribution in [0.15, 0.2) is 47.5 Å². The number of aliphatic hydroxyl groups excluding tert-OH is 1. The number of hydrogen-bond donors (Lipinski definition) is 3. The molecule has 2 aromatic carbocycles. The van der Waals surface area contributed by atoms with Gasteiger partial charge in [-0.05, 0) is 25.1 Å². The minimum absolute atomic E-state index is 0.0380. The Morgan fingerprint density at radius 3 is 2.59 bits per heavy atom. The van der Waals surface area contributed by atoms with Crippen LogP contribution in [0.5, 0.6) is 5.75 Å². The van der Waals surface area contributed by atoms with Gasteiger partial charge in [-0.15, -0.1) is 0 Å². The Bertz CT molecular complexity index is 772. The van der Waals surface area contributed by atoms with Crippen molar-refractivity contribution in [3.05, 3.63) is 65.5 Å². The molecule has 0 fully saturated rings. The van der Waals surface area contributed by atoms with E-state index < -0.39 is 23.6 Å². The van der Waals surface area contributed by atoms with Crippen molar-refractivity contribution in [3.63, 3.8) is 0 Å². The lowest BCUT2D eigenvalue weighted by Crippen LogP contribution is -2.39. The number of benzene rings is 2. The molecule has 0 heterocycles. The number of hydrogen-bond acceptors (Lipinski definition) is 3. The Morgan fingerprint density at radius 1 is 1.11 bits per heavy atom. The molecular weight excluding hydrogens is 359 g/mol. The molecule has 2 aromatic rings. The van der Waals surface area contributed by atoms with Gasteiger partial charge < -0.3 is 20.5 Å². The summed E-state index contributed by atoms with van der Waals surface area (Å²) in [4.78, 5) is 4.20. The normalized spacial score (nSPS) is 12.6. The van der Waals surface area contributed by atoms with Crippen LogP contribution in [0.2, 0.25) is 0 Å². The summed E-state index contributed by atoms with van der Waals surface area (Å²) in [6, 6.07) is 9.04. The predicted molar refractivity (Wildman–Crippen MR) is 97.2 cm³/mol. The number of halogens is 3. The number of nitrogens with zero attached hydrogens (tertiary/aromatic N) is 1. The fraction of sp³-hybridized carbons (Fsp3) is 0.316. The summed E-state index contributed by atoms with van der Waals surface area (Å²) >= 11 is 0. The molecule has 0 amide bonds. The Balaban J connectivity index is 1.85. The predicted octanol–water partition coefficient (Wildman–Crippen LogP) is 2.77. The van der Waals surface area contributed by atoms with Crippen molar-refractivity contribution in [2.45, 2.75) is 13.0 Å². The lowest BCUT2D eigenvalue weighted by atomic mass is 10.1. The maximum Gasteiger partial charge on any atom is 0.191 e. The van der Waals surface area contributed by atoms with Gasteiger partial charge in [0.25, 0.3) is 0 Å². The summed E-state index contributed by atoms with van der Waals surface area (Å²) in [6.45, 7) is 2.81. The van der Waals surface area contributed by atoms with Crippen molar-refractivity contribution in [1.82, 2.24) is 10.6 Å². The van der Waals surface area contributed by atoms with Crippen LogP contribution < -0.4 is 15.4 Å². The quantitative estimate of drug-likeness (QED) is 0.374. The molecule has 0 bridgehead atoms. The van der Waals surface area contributed by atoms with Gasteiger partial charge in [0.1, 0.15) is 24.3 Å². The van der Waals surface area contributed by atoms with Crippen molar-refractivity contribution >= 4 is 5.96 Å². The molecule has 0 radical (unpaired) electrons. The van der Waals surface area contributed by atoms with Gasteiger partial charge in [0.15, 0.2) is 17.5 Å². The molecular formula is C19H22F3N3O2. The molecule has 0 aliphatic rings. The highest BCUT2D eigenvalue weighted by molar-refractivity contribution is 5.79. The first kappa shape index (κ1) is 20.6. The number of ether oxygens (including phenoxy) is 1. The SMILES string of the molecule is CCNC(=NCC(O)c1ccccc1F)NCCOc1ccc(F)cc1F. The smallest absolute Gasteiger partial charge is 0.191 e. The molecule has 0 aliphatic carbocycles. The summed E-state index contributed by atoms with van der Waals surface area (Å²) in [5, 5.41) is 16.0. The average molecular weight is 381 g/mol. The molecule has 0 aromatic heterocycles. The maximum absolute atomic E-state index is 13.7. The third kappa shape index (κ3) is 6.49. The second kappa shape index (κ2) is 10.4. The van der Waals surface area contributed by atoms with Crippen LogP contribution in [0.4, 0.5) is 13.2 Å². The summed E-state index contributed by atoms with van der Waals surface area (Å²) in [5.74, 6) is -1.59. The van der Waals surface area contributed by atoms with Crippen LogP contribution in [0.3, 0.4) is 0 Å². The van der Waals surface area contributed by atoms with Crippen molar-refractivity contribution in [1.29, 1.82) is 0 Å². The van der Waals surface area contributed by atoms with Crippen LogP contribution in [0.25, 0.3) is 0 Å². The molecule has 2 rings (SSSR count). The molecule has 146 valence electrons. The van der Waals surface area contributed by atoms with Crippen molar-refractivity contribution in [2.24, 2.45) is 4.99 Å². The van der Waals surface area contributed by atoms with Gasteiger partial charge in [-0.3, -0.25) is 4.99 Å². The van der Waals surface area contributed by atoms with E-state index in [9.17, 15) is 18.3 Å². The van der Waals surface area contributed by atoms with E-state index in [4.69, 9.17) is 4.74 Å². The maximum atomic E-state index is 13.7. The monoisotopic (exact) mass is 381 g/mol. The molecule has 5 nitrogen and oxygen atoms in total. The second-order valence-electron chi connectivity index (χ2n) is 5.61. The summed E-state index contributed by atoms with van der Waals surface area (Å²) in [6.07, 6.45) is -1.08. The van der Waals surface area contributed by atoms with E-state index in [2.05, 4.69) is 15.6 Å². The van der Waals surface area contributed by atoms with E-state index in [-0.39, 0.29) is 24.5 Å². The zero-order chi connectivity index (χ0) is 19.6. The van der Waals surface area contributed by atoms with Gasteiger partial charge in [0.05, 0.1) is 13.1 Å². The first-order chi connectivity index (χ1) is 13.0. The van der Waals surface area contributed by atoms with Crippen molar-refractivity contribution in [3.8, 4) is 5.75 Å². The molecule has 0 spiro atoms. The van der Waals surface area contributed by atoms with E-state index in [0.29, 0.717) is 19.0 Å². The van der Waals surface area contributed by atoms with Crippen LogP contribution in [-0.4, -0.2) is 37.3 Å². The van der Waals surface area contributed by atoms with Gasteiger partial charge in [-0.25, -0.2) is 13.2 Å². The minimum atomic E-state index is -1.08. The number of aliphatic hydroxyl groups is 1. The summed E-state index contributed by atoms with van der Waals surface area (Å²) in [7, 11) is 0. The molecule has 3 N–H and O–H groups in total. The number of guanidine groups is 1. The molecule has 1 atom stereocenters. The van der Waals surface area contributed by atoms with E-state index >= 15 is 0 Å². The van der Waals surface area contributed by atoms with Gasteiger partial charge in [0, 0.05) is 18.2 Å². The molecule has 8 heteroatoms. The Hall–Kier alpha value is -2.74. The molecule has 27 heavy (non-hydrogen) atoms. The van der Waals surface area contributed by atoms with E-state index in [0.717, 1.165) is 12.1 Å². The fourth-order valence-corrected chi connectivity index (χ4v) is 2.29. The van der Waals surface area contributed by atoms with Crippen LogP contribution in [0, 0.1) is 17.5 Å². The van der Waals surface area contributed by atoms with Gasteiger partial charge in [-0.2, -0.15) is 0 Å². The highest BCUT2D eigenvalue weighted by atomic mass is 19.1. The fourth-order valence-electron chi connectivity index (χ4n) is 2.29. The Kier molecular flexibility index (Phi) is 7.94. The molecule has 1 unspecified atom stereocenters. The third-order valence-electron chi connectivity index (χ3n) is 3.58. The topological polar surface area (TPSA) is 65.9 Å². The summed E-state index contributed by atoms with van der Waals surface area (Å²) in [5.41, 5.74) is 0.173. The highest BCUT2D eigenvalue weighted by Crippen LogP contribution is 2.17. The zero-order valence-electron chi connectivity index (χ0n) is 14.9. The van der Waals surface area contributed by atoms with E-state index in [1.54, 1.807) is 12.1 Å². The molecule has 0 aliphatic heterocycles. The van der Waals surface area contributed by atoms with Crippen molar-refractivity contribution in [2.75, 3.05) is 26.2 Å². The number of aliphatic imine (C=N–C) groups is 1. The standard InChI is InChI=1S/C19H22F3N3O2/c1-2-23-19(25-12-17(26)14-5-3-4-6-15(14)21)24-9-10-27-18-8-7-13(20)11-16(18)22/h3-8,11,17,26H,2,9-10,12H2,1H3,(H2,23,24,25). The van der Waals surface area contributed by atoms with Gasteiger partial charge >= 0.3 is 0 Å².